The third-order valence-electron chi connectivity index (χ3n) is 5.73. The maximum atomic E-state index is 14.0. The first-order chi connectivity index (χ1) is 17.6. The summed E-state index contributed by atoms with van der Waals surface area (Å²) < 4.78 is 38.4. The zero-order valence-electron chi connectivity index (χ0n) is 19.9. The summed E-state index contributed by atoms with van der Waals surface area (Å²) in [6.45, 7) is 3.11. The fourth-order valence-electron chi connectivity index (χ4n) is 4.19. The van der Waals surface area contributed by atoms with Crippen LogP contribution in [0.15, 0.2) is 54.6 Å². The number of hydrogen-bond acceptors (Lipinski definition) is 8. The summed E-state index contributed by atoms with van der Waals surface area (Å²) in [6.07, 6.45) is 0. The molecule has 1 aliphatic carbocycles. The molecule has 3 aromatic carbocycles. The highest BCUT2D eigenvalue weighted by Crippen LogP contribution is 2.59. The van der Waals surface area contributed by atoms with E-state index in [2.05, 4.69) is 5.32 Å². The summed E-state index contributed by atoms with van der Waals surface area (Å²) in [7, 11) is -4.06. The maximum Gasteiger partial charge on any atom is 0.357 e. The number of fused-ring (bicyclic) bond motifs is 2. The molecule has 37 heavy (non-hydrogen) atoms. The number of amides is 1. The van der Waals surface area contributed by atoms with Crippen LogP contribution in [-0.4, -0.2) is 40.9 Å². The second-order valence-corrected chi connectivity index (χ2v) is 10.2. The fraction of sp³-hybridized carbons (Fsp3) is 0.192. The molecule has 1 atom stereocenters. The second kappa shape index (κ2) is 10.3. The Balaban J connectivity index is 1.77. The van der Waals surface area contributed by atoms with Crippen LogP contribution in [-0.2, 0) is 13.6 Å². The minimum absolute atomic E-state index is 0.0263. The molecular weight excluding hydrogens is 504 g/mol. The molecule has 11 heteroatoms. The summed E-state index contributed by atoms with van der Waals surface area (Å²) in [5, 5.41) is 23.2. The molecule has 0 aromatic heterocycles. The summed E-state index contributed by atoms with van der Waals surface area (Å²) in [5.74, 6) is -5.49. The molecule has 0 bridgehead atoms. The van der Waals surface area contributed by atoms with E-state index in [4.69, 9.17) is 9.05 Å². The predicted octanol–water partition coefficient (Wildman–Crippen LogP) is 4.71. The lowest BCUT2D eigenvalue weighted by molar-refractivity contribution is 0.0934. The van der Waals surface area contributed by atoms with Gasteiger partial charge in [0.15, 0.2) is 11.6 Å². The van der Waals surface area contributed by atoms with E-state index in [-0.39, 0.29) is 46.6 Å². The average Bonchev–Trinajstić information content (AvgIpc) is 2.85. The fourth-order valence-corrected chi connectivity index (χ4v) is 6.08. The van der Waals surface area contributed by atoms with Gasteiger partial charge in [-0.3, -0.25) is 18.9 Å². The van der Waals surface area contributed by atoms with E-state index in [0.717, 1.165) is 18.2 Å². The number of phenols is 2. The lowest BCUT2D eigenvalue weighted by Crippen LogP contribution is -2.30. The summed E-state index contributed by atoms with van der Waals surface area (Å²) in [4.78, 5) is 39.4. The van der Waals surface area contributed by atoms with Crippen molar-refractivity contribution in [3.05, 3.63) is 93.8 Å². The van der Waals surface area contributed by atoms with Gasteiger partial charge in [0.1, 0.15) is 17.3 Å². The summed E-state index contributed by atoms with van der Waals surface area (Å²) in [5.41, 5.74) is -1.05. The maximum absolute atomic E-state index is 14.0. The van der Waals surface area contributed by atoms with Crippen LogP contribution in [0.5, 0.6) is 11.5 Å². The van der Waals surface area contributed by atoms with Gasteiger partial charge in [-0.2, -0.15) is 0 Å². The highest BCUT2D eigenvalue weighted by molar-refractivity contribution is 7.54. The Labute approximate surface area is 211 Å². The molecule has 4 rings (SSSR count). The summed E-state index contributed by atoms with van der Waals surface area (Å²) >= 11 is 0. The van der Waals surface area contributed by atoms with Crippen LogP contribution in [0.3, 0.4) is 0 Å². The highest BCUT2D eigenvalue weighted by atomic mass is 31.2. The topological polar surface area (TPSA) is 139 Å². The molecule has 0 fully saturated rings. The Morgan fingerprint density at radius 2 is 1.57 bits per heavy atom. The van der Waals surface area contributed by atoms with Gasteiger partial charge in [0.05, 0.1) is 24.3 Å². The average molecular weight is 527 g/mol. The molecular formula is C26H23FNO8P. The first-order valence-electron chi connectivity index (χ1n) is 11.3. The van der Waals surface area contributed by atoms with Gasteiger partial charge in [-0.1, -0.05) is 24.3 Å². The zero-order chi connectivity index (χ0) is 26.9. The first kappa shape index (κ1) is 26.2. The van der Waals surface area contributed by atoms with Crippen LogP contribution in [0, 0.1) is 5.82 Å². The molecule has 9 nitrogen and oxygen atoms in total. The van der Waals surface area contributed by atoms with E-state index in [0.29, 0.717) is 0 Å². The minimum atomic E-state index is -4.06. The Hall–Kier alpha value is -3.85. The van der Waals surface area contributed by atoms with Crippen molar-refractivity contribution in [1.82, 2.24) is 5.32 Å². The molecule has 0 saturated carbocycles. The van der Waals surface area contributed by atoms with E-state index in [1.54, 1.807) is 13.8 Å². The van der Waals surface area contributed by atoms with Crippen LogP contribution in [0.1, 0.15) is 67.4 Å². The monoisotopic (exact) mass is 527 g/mol. The van der Waals surface area contributed by atoms with E-state index in [1.807, 2.05) is 0 Å². The van der Waals surface area contributed by atoms with E-state index < -0.39 is 48.2 Å². The smallest absolute Gasteiger partial charge is 0.357 e. The molecule has 1 unspecified atom stereocenters. The minimum Gasteiger partial charge on any atom is -0.507 e. The lowest BCUT2D eigenvalue weighted by Gasteiger charge is -2.27. The van der Waals surface area contributed by atoms with E-state index in [9.17, 15) is 33.6 Å². The Kier molecular flexibility index (Phi) is 7.27. The Morgan fingerprint density at radius 1 is 0.919 bits per heavy atom. The molecule has 0 spiro atoms. The number of carbonyl (C=O) groups excluding carboxylic acids is 3. The van der Waals surface area contributed by atoms with Gasteiger partial charge in [-0.15, -0.1) is 0 Å². The van der Waals surface area contributed by atoms with Gasteiger partial charge >= 0.3 is 7.60 Å². The Bertz CT molecular complexity index is 1460. The summed E-state index contributed by atoms with van der Waals surface area (Å²) in [6, 6.07) is 11.1. The number of benzene rings is 3. The molecule has 0 saturated heterocycles. The molecule has 192 valence electrons. The van der Waals surface area contributed by atoms with Gasteiger partial charge in [-0.25, -0.2) is 4.39 Å². The zero-order valence-corrected chi connectivity index (χ0v) is 20.8. The standard InChI is InChI=1S/C26H23FNO8P/c1-3-35-37(34,36-4-2)26(14-7-5-8-16(27)11-14)28-25(33)15-12-18-22(20(30)13-15)24(32)21-17(23(18)31)9-6-10-19(21)29/h5-13,26,29-30H,3-4H2,1-2H3,(H,28,33). The first-order valence-corrected chi connectivity index (χ1v) is 13.0. The van der Waals surface area contributed by atoms with Gasteiger partial charge in [0.2, 0.25) is 5.78 Å². The Morgan fingerprint density at radius 3 is 2.22 bits per heavy atom. The van der Waals surface area contributed by atoms with Crippen LogP contribution in [0.2, 0.25) is 0 Å². The van der Waals surface area contributed by atoms with Crippen LogP contribution >= 0.6 is 7.60 Å². The molecule has 3 aromatic rings. The molecule has 0 heterocycles. The van der Waals surface area contributed by atoms with E-state index in [1.165, 1.54) is 36.4 Å². The van der Waals surface area contributed by atoms with Crippen molar-refractivity contribution >= 4 is 25.1 Å². The molecule has 0 aliphatic heterocycles. The normalized spacial score (nSPS) is 13.6. The predicted molar refractivity (Wildman–Crippen MR) is 131 cm³/mol. The molecule has 3 N–H and O–H groups in total. The highest BCUT2D eigenvalue weighted by Gasteiger charge is 2.40. The quantitative estimate of drug-likeness (QED) is 0.280. The third-order valence-corrected chi connectivity index (χ3v) is 8.03. The number of aromatic hydroxyl groups is 2. The number of phenolic OH excluding ortho intramolecular Hbond substituents is 2. The number of rotatable bonds is 8. The van der Waals surface area contributed by atoms with Crippen molar-refractivity contribution in [2.45, 2.75) is 19.6 Å². The molecule has 1 amide bonds. The third kappa shape index (κ3) is 4.79. The van der Waals surface area contributed by atoms with Gasteiger partial charge in [0.25, 0.3) is 5.91 Å². The van der Waals surface area contributed by atoms with Crippen molar-refractivity contribution in [1.29, 1.82) is 0 Å². The van der Waals surface area contributed by atoms with Crippen LogP contribution in [0.4, 0.5) is 4.39 Å². The van der Waals surface area contributed by atoms with Crippen molar-refractivity contribution in [3.8, 4) is 11.5 Å². The van der Waals surface area contributed by atoms with Gasteiger partial charge in [0, 0.05) is 16.7 Å². The van der Waals surface area contributed by atoms with Gasteiger partial charge < -0.3 is 24.6 Å². The van der Waals surface area contributed by atoms with E-state index >= 15 is 0 Å². The number of ketones is 2. The lowest BCUT2D eigenvalue weighted by atomic mass is 9.82. The SMILES string of the molecule is CCOP(=O)(OCC)C(NC(=O)c1cc(O)c2c(c1)C(=O)c1cccc(O)c1C2=O)c1cccc(F)c1. The number of halogens is 1. The number of carbonyl (C=O) groups is 3. The van der Waals surface area contributed by atoms with Crippen molar-refractivity contribution in [2.75, 3.05) is 13.2 Å². The van der Waals surface area contributed by atoms with Crippen LogP contribution < -0.4 is 5.32 Å². The van der Waals surface area contributed by atoms with Crippen molar-refractivity contribution in [2.24, 2.45) is 0 Å². The van der Waals surface area contributed by atoms with Crippen molar-refractivity contribution < 1.29 is 42.6 Å². The molecule has 1 aliphatic rings. The van der Waals surface area contributed by atoms with Crippen LogP contribution in [0.25, 0.3) is 0 Å². The number of hydrogen-bond donors (Lipinski definition) is 3. The van der Waals surface area contributed by atoms with Gasteiger partial charge in [-0.05, 0) is 49.7 Å². The molecule has 0 radical (unpaired) electrons. The van der Waals surface area contributed by atoms with Crippen molar-refractivity contribution in [3.63, 3.8) is 0 Å². The number of nitrogens with one attached hydrogen (secondary N) is 1. The second-order valence-electron chi connectivity index (χ2n) is 8.08. The largest absolute Gasteiger partial charge is 0.507 e.